The minimum atomic E-state index is 0.467. The van der Waals surface area contributed by atoms with Crippen molar-refractivity contribution in [2.24, 2.45) is 11.3 Å². The Labute approximate surface area is 104 Å². The highest BCUT2D eigenvalue weighted by molar-refractivity contribution is 5.03. The summed E-state index contributed by atoms with van der Waals surface area (Å²) in [5.41, 5.74) is 0.467. The summed E-state index contributed by atoms with van der Waals surface area (Å²) in [7, 11) is 0. The minimum Gasteiger partial charge on any atom is -0.316 e. The molecule has 1 aliphatic rings. The van der Waals surface area contributed by atoms with Gasteiger partial charge in [0.05, 0.1) is 0 Å². The third kappa shape index (κ3) is 3.28. The van der Waals surface area contributed by atoms with Crippen molar-refractivity contribution in [2.45, 2.75) is 46.6 Å². The van der Waals surface area contributed by atoms with Gasteiger partial charge < -0.3 is 5.32 Å². The molecule has 17 heavy (non-hydrogen) atoms. The van der Waals surface area contributed by atoms with Gasteiger partial charge in [0.1, 0.15) is 12.2 Å². The second-order valence-electron chi connectivity index (χ2n) is 5.69. The SMILES string of the molecule is CCn1ncnc1CC1(CNCC(C)C)CC1. The van der Waals surface area contributed by atoms with E-state index >= 15 is 0 Å². The molecule has 1 N–H and O–H groups in total. The zero-order valence-corrected chi connectivity index (χ0v) is 11.2. The Balaban J connectivity index is 1.85. The number of rotatable bonds is 7. The molecule has 1 fully saturated rings. The summed E-state index contributed by atoms with van der Waals surface area (Å²) in [6.07, 6.45) is 5.41. The van der Waals surface area contributed by atoms with Crippen molar-refractivity contribution in [3.05, 3.63) is 12.2 Å². The molecule has 1 heterocycles. The van der Waals surface area contributed by atoms with Crippen LogP contribution in [0.2, 0.25) is 0 Å². The maximum Gasteiger partial charge on any atom is 0.138 e. The normalized spacial score (nSPS) is 17.6. The van der Waals surface area contributed by atoms with Crippen molar-refractivity contribution in [2.75, 3.05) is 13.1 Å². The van der Waals surface area contributed by atoms with Gasteiger partial charge in [-0.2, -0.15) is 5.10 Å². The van der Waals surface area contributed by atoms with Gasteiger partial charge in [0.15, 0.2) is 0 Å². The van der Waals surface area contributed by atoms with E-state index in [0.29, 0.717) is 5.41 Å². The number of nitrogens with zero attached hydrogens (tertiary/aromatic N) is 3. The van der Waals surface area contributed by atoms with Gasteiger partial charge in [-0.05, 0) is 37.6 Å². The molecule has 0 spiro atoms. The molecule has 0 radical (unpaired) electrons. The quantitative estimate of drug-likeness (QED) is 0.786. The largest absolute Gasteiger partial charge is 0.316 e. The topological polar surface area (TPSA) is 42.7 Å². The smallest absolute Gasteiger partial charge is 0.138 e. The molecular weight excluding hydrogens is 212 g/mol. The third-order valence-electron chi connectivity index (χ3n) is 3.54. The summed E-state index contributed by atoms with van der Waals surface area (Å²) in [5, 5.41) is 7.82. The summed E-state index contributed by atoms with van der Waals surface area (Å²) >= 11 is 0. The molecule has 0 aromatic carbocycles. The molecule has 0 bridgehead atoms. The number of nitrogens with one attached hydrogen (secondary N) is 1. The average molecular weight is 236 g/mol. The lowest BCUT2D eigenvalue weighted by Crippen LogP contribution is -2.29. The van der Waals surface area contributed by atoms with Gasteiger partial charge in [0.2, 0.25) is 0 Å². The van der Waals surface area contributed by atoms with Gasteiger partial charge >= 0.3 is 0 Å². The molecule has 0 amide bonds. The standard InChI is InChI=1S/C13H24N4/c1-4-17-12(15-10-16-17)7-13(5-6-13)9-14-8-11(2)3/h10-11,14H,4-9H2,1-3H3. The van der Waals surface area contributed by atoms with Crippen LogP contribution in [0.15, 0.2) is 6.33 Å². The molecule has 96 valence electrons. The maximum absolute atomic E-state index is 4.38. The maximum atomic E-state index is 4.38. The molecular formula is C13H24N4. The molecule has 1 aromatic rings. The summed E-state index contributed by atoms with van der Waals surface area (Å²) in [6.45, 7) is 9.78. The van der Waals surface area contributed by atoms with E-state index in [1.165, 1.54) is 12.8 Å². The fourth-order valence-electron chi connectivity index (χ4n) is 2.24. The van der Waals surface area contributed by atoms with Crippen LogP contribution in [0.1, 0.15) is 39.4 Å². The number of hydrogen-bond donors (Lipinski definition) is 1. The van der Waals surface area contributed by atoms with Crippen molar-refractivity contribution in [3.63, 3.8) is 0 Å². The summed E-state index contributed by atoms with van der Waals surface area (Å²) in [4.78, 5) is 4.38. The molecule has 4 nitrogen and oxygen atoms in total. The first kappa shape index (κ1) is 12.6. The van der Waals surface area contributed by atoms with Gasteiger partial charge in [-0.1, -0.05) is 13.8 Å². The predicted octanol–water partition coefficient (Wildman–Crippen LogP) is 1.87. The van der Waals surface area contributed by atoms with E-state index in [1.54, 1.807) is 6.33 Å². The first-order valence-electron chi connectivity index (χ1n) is 6.72. The van der Waals surface area contributed by atoms with E-state index < -0.39 is 0 Å². The van der Waals surface area contributed by atoms with E-state index in [0.717, 1.165) is 37.8 Å². The fraction of sp³-hybridized carbons (Fsp3) is 0.846. The lowest BCUT2D eigenvalue weighted by Gasteiger charge is -2.16. The highest BCUT2D eigenvalue weighted by atomic mass is 15.3. The van der Waals surface area contributed by atoms with E-state index in [1.807, 2.05) is 4.68 Å². The van der Waals surface area contributed by atoms with Crippen molar-refractivity contribution in [1.29, 1.82) is 0 Å². The summed E-state index contributed by atoms with van der Waals surface area (Å²) < 4.78 is 2.02. The van der Waals surface area contributed by atoms with Crippen molar-refractivity contribution in [3.8, 4) is 0 Å². The molecule has 0 unspecified atom stereocenters. The van der Waals surface area contributed by atoms with Crippen LogP contribution in [-0.4, -0.2) is 27.9 Å². The molecule has 0 aliphatic heterocycles. The van der Waals surface area contributed by atoms with Crippen LogP contribution in [0, 0.1) is 11.3 Å². The first-order valence-corrected chi connectivity index (χ1v) is 6.72. The van der Waals surface area contributed by atoms with Crippen molar-refractivity contribution >= 4 is 0 Å². The van der Waals surface area contributed by atoms with Crippen LogP contribution in [0.5, 0.6) is 0 Å². The Morgan fingerprint density at radius 2 is 2.24 bits per heavy atom. The van der Waals surface area contributed by atoms with Gasteiger partial charge in [0.25, 0.3) is 0 Å². The van der Waals surface area contributed by atoms with Crippen LogP contribution in [0.25, 0.3) is 0 Å². The molecule has 0 saturated heterocycles. The molecule has 1 aromatic heterocycles. The van der Waals surface area contributed by atoms with E-state index in [-0.39, 0.29) is 0 Å². The van der Waals surface area contributed by atoms with Crippen molar-refractivity contribution < 1.29 is 0 Å². The van der Waals surface area contributed by atoms with E-state index in [9.17, 15) is 0 Å². The van der Waals surface area contributed by atoms with Crippen LogP contribution in [0.4, 0.5) is 0 Å². The third-order valence-corrected chi connectivity index (χ3v) is 3.54. The van der Waals surface area contributed by atoms with Crippen LogP contribution in [-0.2, 0) is 13.0 Å². The van der Waals surface area contributed by atoms with Crippen molar-refractivity contribution in [1.82, 2.24) is 20.1 Å². The number of hydrogen-bond acceptors (Lipinski definition) is 3. The molecule has 1 saturated carbocycles. The Kier molecular flexibility index (Phi) is 3.82. The fourth-order valence-corrected chi connectivity index (χ4v) is 2.24. The Hall–Kier alpha value is -0.900. The molecule has 0 atom stereocenters. The summed E-state index contributed by atoms with van der Waals surface area (Å²) in [6, 6.07) is 0. The van der Waals surface area contributed by atoms with E-state index in [2.05, 4.69) is 36.2 Å². The average Bonchev–Trinajstić information content (AvgIpc) is 2.89. The minimum absolute atomic E-state index is 0.467. The van der Waals surface area contributed by atoms with Gasteiger partial charge in [-0.25, -0.2) is 4.98 Å². The summed E-state index contributed by atoms with van der Waals surface area (Å²) in [5.74, 6) is 1.88. The Morgan fingerprint density at radius 1 is 1.47 bits per heavy atom. The van der Waals surface area contributed by atoms with Gasteiger partial charge in [-0.15, -0.1) is 0 Å². The van der Waals surface area contributed by atoms with E-state index in [4.69, 9.17) is 0 Å². The number of aromatic nitrogens is 3. The Bertz CT molecular complexity index is 352. The highest BCUT2D eigenvalue weighted by Gasteiger charge is 2.43. The zero-order valence-electron chi connectivity index (χ0n) is 11.2. The lowest BCUT2D eigenvalue weighted by molar-refractivity contribution is 0.415. The Morgan fingerprint density at radius 3 is 2.82 bits per heavy atom. The second-order valence-corrected chi connectivity index (χ2v) is 5.69. The molecule has 4 heteroatoms. The zero-order chi connectivity index (χ0) is 12.3. The van der Waals surface area contributed by atoms with Crippen LogP contribution >= 0.6 is 0 Å². The predicted molar refractivity (Wildman–Crippen MR) is 68.8 cm³/mol. The van der Waals surface area contributed by atoms with Gasteiger partial charge in [-0.3, -0.25) is 4.68 Å². The van der Waals surface area contributed by atoms with Crippen LogP contribution < -0.4 is 5.32 Å². The highest BCUT2D eigenvalue weighted by Crippen LogP contribution is 2.47. The monoisotopic (exact) mass is 236 g/mol. The lowest BCUT2D eigenvalue weighted by atomic mass is 10.0. The van der Waals surface area contributed by atoms with Crippen LogP contribution in [0.3, 0.4) is 0 Å². The molecule has 1 aliphatic carbocycles. The number of aryl methyl sites for hydroxylation is 1. The first-order chi connectivity index (χ1) is 8.15. The van der Waals surface area contributed by atoms with Gasteiger partial charge in [0, 0.05) is 19.5 Å². The molecule has 2 rings (SSSR count). The second kappa shape index (κ2) is 5.17.